The van der Waals surface area contributed by atoms with Gasteiger partial charge in [-0.25, -0.2) is 4.39 Å². The molecule has 2 amide bonds. The lowest BCUT2D eigenvalue weighted by atomic mass is 9.93. The quantitative estimate of drug-likeness (QED) is 0.276. The van der Waals surface area contributed by atoms with Crippen LogP contribution in [0, 0.1) is 5.82 Å². The first-order chi connectivity index (χ1) is 17.6. The van der Waals surface area contributed by atoms with E-state index in [2.05, 4.69) is 10.6 Å². The molecule has 37 heavy (non-hydrogen) atoms. The molecular weight excluding hydrogens is 508 g/mol. The molecule has 0 saturated heterocycles. The molecule has 2 N–H and O–H groups in total. The third kappa shape index (κ3) is 4.80. The van der Waals surface area contributed by atoms with Gasteiger partial charge in [0.15, 0.2) is 0 Å². The van der Waals surface area contributed by atoms with Crippen LogP contribution in [0.15, 0.2) is 84.9 Å². The monoisotopic (exact) mass is 524 g/mol. The molecule has 0 bridgehead atoms. The van der Waals surface area contributed by atoms with E-state index < -0.39 is 41.0 Å². The number of benzene rings is 4. The fourth-order valence-electron chi connectivity index (χ4n) is 4.35. The first-order valence-corrected chi connectivity index (χ1v) is 11.5. The molecule has 9 heteroatoms. The van der Waals surface area contributed by atoms with Crippen molar-refractivity contribution in [1.29, 1.82) is 0 Å². The second-order valence-electron chi connectivity index (χ2n) is 8.46. The van der Waals surface area contributed by atoms with Crippen molar-refractivity contribution in [3.8, 4) is 11.1 Å². The number of amides is 2. The summed E-state index contributed by atoms with van der Waals surface area (Å²) in [6.45, 7) is 0. The summed E-state index contributed by atoms with van der Waals surface area (Å²) >= 11 is 6.52. The van der Waals surface area contributed by atoms with Crippen LogP contribution >= 0.6 is 11.6 Å². The fourth-order valence-corrected chi connectivity index (χ4v) is 4.58. The summed E-state index contributed by atoms with van der Waals surface area (Å²) in [6.07, 6.45) is -4.83. The Kier molecular flexibility index (Phi) is 6.21. The van der Waals surface area contributed by atoms with Crippen molar-refractivity contribution < 1.29 is 27.2 Å². The predicted molar refractivity (Wildman–Crippen MR) is 132 cm³/mol. The number of anilines is 1. The molecule has 186 valence electrons. The summed E-state index contributed by atoms with van der Waals surface area (Å²) in [7, 11) is 0. The zero-order valence-corrected chi connectivity index (χ0v) is 19.6. The van der Waals surface area contributed by atoms with E-state index in [4.69, 9.17) is 11.6 Å². The van der Waals surface area contributed by atoms with Gasteiger partial charge in [-0.05, 0) is 59.2 Å². The van der Waals surface area contributed by atoms with Gasteiger partial charge in [0, 0.05) is 27.4 Å². The van der Waals surface area contributed by atoms with Crippen LogP contribution in [0.25, 0.3) is 11.1 Å². The Hall–Kier alpha value is -4.17. The molecule has 4 nitrogen and oxygen atoms in total. The zero-order chi connectivity index (χ0) is 26.3. The van der Waals surface area contributed by atoms with Gasteiger partial charge in [0.2, 0.25) is 0 Å². The molecule has 0 fully saturated rings. The highest BCUT2D eigenvalue weighted by Gasteiger charge is 2.35. The van der Waals surface area contributed by atoms with E-state index in [-0.39, 0.29) is 11.3 Å². The van der Waals surface area contributed by atoms with Crippen molar-refractivity contribution in [1.82, 2.24) is 5.32 Å². The van der Waals surface area contributed by atoms with Gasteiger partial charge in [-0.15, -0.1) is 0 Å². The number of nitrogens with one attached hydrogen (secondary N) is 2. The van der Waals surface area contributed by atoms with E-state index in [0.29, 0.717) is 28.3 Å². The first kappa shape index (κ1) is 24.5. The third-order valence-corrected chi connectivity index (χ3v) is 6.41. The second-order valence-corrected chi connectivity index (χ2v) is 8.86. The second kappa shape index (κ2) is 9.37. The first-order valence-electron chi connectivity index (χ1n) is 11.1. The van der Waals surface area contributed by atoms with Crippen LogP contribution in [0.2, 0.25) is 5.02 Å². The lowest BCUT2D eigenvalue weighted by Gasteiger charge is -2.19. The molecule has 1 unspecified atom stereocenters. The Morgan fingerprint density at radius 1 is 0.892 bits per heavy atom. The molecule has 4 aromatic carbocycles. The molecule has 0 aliphatic carbocycles. The number of fused-ring (bicyclic) bond motifs is 1. The number of hydrogen-bond donors (Lipinski definition) is 2. The fraction of sp³-hybridized carbons (Fsp3) is 0.0714. The van der Waals surface area contributed by atoms with Crippen molar-refractivity contribution in [3.63, 3.8) is 0 Å². The van der Waals surface area contributed by atoms with E-state index in [9.17, 15) is 27.2 Å². The van der Waals surface area contributed by atoms with Crippen molar-refractivity contribution in [3.05, 3.63) is 124 Å². The molecule has 1 aliphatic heterocycles. The third-order valence-electron chi connectivity index (χ3n) is 6.06. The Labute approximate surface area is 213 Å². The average molecular weight is 525 g/mol. The summed E-state index contributed by atoms with van der Waals surface area (Å²) in [6, 6.07) is 20.4. The number of halogens is 5. The normalized spacial score (nSPS) is 14.7. The van der Waals surface area contributed by atoms with E-state index in [1.807, 2.05) is 42.5 Å². The van der Waals surface area contributed by atoms with E-state index >= 15 is 0 Å². The molecule has 5 rings (SSSR count). The minimum atomic E-state index is -4.83. The summed E-state index contributed by atoms with van der Waals surface area (Å²) < 4.78 is 53.3. The van der Waals surface area contributed by atoms with Gasteiger partial charge in [-0.1, -0.05) is 54.1 Å². The van der Waals surface area contributed by atoms with Gasteiger partial charge in [0.25, 0.3) is 11.8 Å². The van der Waals surface area contributed by atoms with E-state index in [1.165, 1.54) is 12.1 Å². The minimum absolute atomic E-state index is 0.185. The molecule has 0 radical (unpaired) electrons. The summed E-state index contributed by atoms with van der Waals surface area (Å²) in [5.74, 6) is -2.56. The van der Waals surface area contributed by atoms with Gasteiger partial charge in [-0.3, -0.25) is 9.59 Å². The maximum atomic E-state index is 13.9. The largest absolute Gasteiger partial charge is 0.416 e. The van der Waals surface area contributed by atoms with Gasteiger partial charge in [0.1, 0.15) is 5.82 Å². The lowest BCUT2D eigenvalue weighted by molar-refractivity contribution is -0.137. The van der Waals surface area contributed by atoms with E-state index in [1.54, 1.807) is 12.1 Å². The van der Waals surface area contributed by atoms with Crippen LogP contribution in [-0.4, -0.2) is 11.8 Å². The lowest BCUT2D eigenvalue weighted by Crippen LogP contribution is -2.21. The highest BCUT2D eigenvalue weighted by atomic mass is 35.5. The van der Waals surface area contributed by atoms with Crippen LogP contribution in [0.5, 0.6) is 0 Å². The highest BCUT2D eigenvalue weighted by Crippen LogP contribution is 2.40. The zero-order valence-electron chi connectivity index (χ0n) is 18.9. The Morgan fingerprint density at radius 3 is 2.38 bits per heavy atom. The molecule has 1 aliphatic rings. The van der Waals surface area contributed by atoms with Crippen molar-refractivity contribution >= 4 is 29.1 Å². The van der Waals surface area contributed by atoms with Gasteiger partial charge in [0.05, 0.1) is 11.6 Å². The number of carbonyl (C=O) groups excluding carboxylic acids is 2. The number of alkyl halides is 3. The van der Waals surface area contributed by atoms with Gasteiger partial charge < -0.3 is 10.6 Å². The van der Waals surface area contributed by atoms with Crippen LogP contribution < -0.4 is 10.6 Å². The topological polar surface area (TPSA) is 58.2 Å². The Bertz CT molecular complexity index is 1540. The summed E-state index contributed by atoms with van der Waals surface area (Å²) in [5, 5.41) is 5.78. The summed E-state index contributed by atoms with van der Waals surface area (Å²) in [5.41, 5.74) is 1.42. The maximum Gasteiger partial charge on any atom is 0.416 e. The summed E-state index contributed by atoms with van der Waals surface area (Å²) in [4.78, 5) is 25.7. The molecule has 0 saturated carbocycles. The van der Waals surface area contributed by atoms with Crippen LogP contribution in [0.1, 0.15) is 43.4 Å². The number of hydrogen-bond acceptors (Lipinski definition) is 2. The van der Waals surface area contributed by atoms with Crippen molar-refractivity contribution in [2.45, 2.75) is 12.2 Å². The molecule has 0 spiro atoms. The number of carbonyl (C=O) groups is 2. The van der Waals surface area contributed by atoms with Crippen molar-refractivity contribution in [2.24, 2.45) is 0 Å². The van der Waals surface area contributed by atoms with Crippen molar-refractivity contribution in [2.75, 3.05) is 5.32 Å². The highest BCUT2D eigenvalue weighted by molar-refractivity contribution is 6.31. The predicted octanol–water partition coefficient (Wildman–Crippen LogP) is 7.25. The van der Waals surface area contributed by atoms with Gasteiger partial charge >= 0.3 is 6.18 Å². The smallest absolute Gasteiger partial charge is 0.341 e. The standard InChI is InChI=1S/C28H17ClF4N2O2/c29-22-10-9-16(15-5-2-1-3-6-15)13-21(22)25-24-20(27(37)35-25)7-4-8-23(24)34-26(36)17-11-18(28(31,32)33)14-19(30)12-17/h1-14,25H,(H,34,36)(H,35,37). The molecule has 0 aromatic heterocycles. The minimum Gasteiger partial charge on any atom is -0.341 e. The average Bonchev–Trinajstić information content (AvgIpc) is 3.21. The SMILES string of the molecule is O=C(Nc1cccc2c1C(c1cc(-c3ccccc3)ccc1Cl)NC2=O)c1cc(F)cc(C(F)(F)F)c1. The molecule has 1 heterocycles. The van der Waals surface area contributed by atoms with E-state index in [0.717, 1.165) is 17.2 Å². The van der Waals surface area contributed by atoms with Crippen LogP contribution in [0.3, 0.4) is 0 Å². The number of rotatable bonds is 4. The van der Waals surface area contributed by atoms with Crippen LogP contribution in [0.4, 0.5) is 23.2 Å². The molecular formula is C28H17ClF4N2O2. The van der Waals surface area contributed by atoms with Crippen LogP contribution in [-0.2, 0) is 6.18 Å². The molecule has 1 atom stereocenters. The maximum absolute atomic E-state index is 13.9. The Balaban J connectivity index is 1.54. The molecule has 4 aromatic rings. The van der Waals surface area contributed by atoms with Gasteiger partial charge in [-0.2, -0.15) is 13.2 Å². The Morgan fingerprint density at radius 2 is 1.65 bits per heavy atom.